The van der Waals surface area contributed by atoms with Crippen molar-refractivity contribution in [3.8, 4) is 0 Å². The molecule has 0 heterocycles. The zero-order chi connectivity index (χ0) is 2.00. The minimum atomic E-state index is 0. The second-order valence-electron chi connectivity index (χ2n) is 0. The first-order valence-corrected chi connectivity index (χ1v) is 9.56. The Balaban J connectivity index is -0.000000000333. The van der Waals surface area contributed by atoms with Crippen LogP contribution < -0.4 is 0 Å². The largest absolute Gasteiger partial charge is 0 e. The molecular weight excluding hydrogens is 841 g/mol. The molecule has 0 N–H and O–H groups in total. The maximum absolute atomic E-state index is 2.41. The van der Waals surface area contributed by atoms with Gasteiger partial charge in [-0.1, -0.05) is 0 Å². The summed E-state index contributed by atoms with van der Waals surface area (Å²) < 4.78 is 0. The van der Waals surface area contributed by atoms with Gasteiger partial charge in [-0.3, -0.25) is 0 Å². The fourth-order valence-electron chi connectivity index (χ4n) is 0. The van der Waals surface area contributed by atoms with Crippen molar-refractivity contribution in [1.82, 2.24) is 0 Å². The molecule has 0 saturated heterocycles. The topological polar surface area (TPSA) is 0 Å². The summed E-state index contributed by atoms with van der Waals surface area (Å²) in [6, 6.07) is 0. The van der Waals surface area contributed by atoms with E-state index in [1.165, 1.54) is 19.4 Å². The Hall–Kier alpha value is 8.44. The maximum Gasteiger partial charge on any atom is 0 e. The first-order chi connectivity index (χ1) is 1.00. The van der Waals surface area contributed by atoms with Gasteiger partial charge in [-0.05, 0) is 0 Å². The van der Waals surface area contributed by atoms with Crippen LogP contribution in [0.4, 0.5) is 0 Å². The molecule has 0 saturated carbocycles. The monoisotopic (exact) mass is 846 g/mol. The molecule has 0 aliphatic heterocycles. The zero-order valence-electron chi connectivity index (χ0n) is 2.66. The molecule has 0 rings (SSSR count). The Morgan fingerprint density at radius 1 is 1.12 bits per heavy atom. The van der Waals surface area contributed by atoms with Crippen molar-refractivity contribution in [2.45, 2.75) is 0 Å². The van der Waals surface area contributed by atoms with Gasteiger partial charge in [0, 0.05) is 86.2 Å². The average Bonchev–Trinajstić information content (AvgIpc) is 1.00. The van der Waals surface area contributed by atoms with Crippen LogP contribution in [0.3, 0.4) is 0 Å². The van der Waals surface area contributed by atoms with E-state index < -0.39 is 0 Å². The molecule has 0 aliphatic rings. The molecule has 0 aromatic carbocycles. The van der Waals surface area contributed by atoms with E-state index in [9.17, 15) is 0 Å². The molecule has 35 valence electrons. The summed E-state index contributed by atoms with van der Waals surface area (Å²) in [6.07, 6.45) is 0. The van der Waals surface area contributed by atoms with Crippen LogP contribution in [-0.4, -0.2) is 145 Å². The fraction of sp³-hybridized carbons (Fsp3) is 0. The van der Waals surface area contributed by atoms with Gasteiger partial charge in [-0.15, -0.1) is 0 Å². The van der Waals surface area contributed by atoms with E-state index in [1.54, 1.807) is 0 Å². The summed E-state index contributed by atoms with van der Waals surface area (Å²) in [4.78, 5) is 0. The summed E-state index contributed by atoms with van der Waals surface area (Å²) in [5, 5.41) is 0. The molecule has 0 spiro atoms. The van der Waals surface area contributed by atoms with E-state index in [1.807, 2.05) is 0 Å². The van der Waals surface area contributed by atoms with E-state index in [0.717, 1.165) is 0 Å². The third-order valence-electron chi connectivity index (χ3n) is 0. The maximum atomic E-state index is 2.41. The molecule has 8 heavy (non-hydrogen) atoms. The fourth-order valence-corrected chi connectivity index (χ4v) is 0. The predicted octanol–water partition coefficient (Wildman–Crippen LogP) is -3.14. The van der Waals surface area contributed by atoms with Gasteiger partial charge in [0.25, 0.3) is 0 Å². The molecule has 0 atom stereocenters. The minimum absolute atomic E-state index is 0. The quantitative estimate of drug-likeness (QED) is 0.227. The van der Waals surface area contributed by atoms with Crippen LogP contribution in [0.25, 0.3) is 0 Å². The van der Waals surface area contributed by atoms with Crippen molar-refractivity contribution < 1.29 is 103 Å². The third-order valence-corrected chi connectivity index (χ3v) is 0. The van der Waals surface area contributed by atoms with Gasteiger partial charge in [-0.2, -0.15) is 0 Å². The van der Waals surface area contributed by atoms with Crippen LogP contribution in [0.15, 0.2) is 0 Å². The molecular formula is H6AuBaCdLiRbSbYZr. The van der Waals surface area contributed by atoms with Crippen LogP contribution in [0.1, 0.15) is 0 Å². The summed E-state index contributed by atoms with van der Waals surface area (Å²) in [5.74, 6) is 0. The van der Waals surface area contributed by atoms with E-state index in [2.05, 4.69) is 17.1 Å². The molecule has 0 unspecified atom stereocenters. The Kier molecular flexibility index (Phi) is 248. The summed E-state index contributed by atoms with van der Waals surface area (Å²) in [5.41, 5.74) is 0. The van der Waals surface area contributed by atoms with Gasteiger partial charge in [0.1, 0.15) is 0 Å². The average molecular weight is 847 g/mol. The standard InChI is InChI=1S/Au.Ba.Cd.Li.Rb.Sb.Y.Zr.6H. The van der Waals surface area contributed by atoms with E-state index in [-0.39, 0.29) is 212 Å². The predicted molar refractivity (Wildman–Crippen MR) is 31.4 cm³/mol. The first kappa shape index (κ1) is 44.0. The Labute approximate surface area is 239 Å². The van der Waals surface area contributed by atoms with Crippen LogP contribution in [0.5, 0.6) is 0 Å². The van der Waals surface area contributed by atoms with Gasteiger partial charge < -0.3 is 0 Å². The van der Waals surface area contributed by atoms with Crippen LogP contribution >= 0.6 is 0 Å². The Morgan fingerprint density at radius 3 is 1.12 bits per heavy atom. The molecule has 8 heteroatoms. The molecule has 0 aromatic rings. The summed E-state index contributed by atoms with van der Waals surface area (Å²) in [6.45, 7) is 0. The summed E-state index contributed by atoms with van der Waals surface area (Å²) >= 11 is 3.70. The normalized spacial score (nSPS) is 0.875. The van der Waals surface area contributed by atoms with Gasteiger partial charge in [0.15, 0.2) is 0 Å². The van der Waals surface area contributed by atoms with E-state index in [4.69, 9.17) is 0 Å². The Bertz CT molecular complexity index is 24.0. The molecule has 0 amide bonds. The second kappa shape index (κ2) is 45.2. The van der Waals surface area contributed by atoms with Gasteiger partial charge in [-0.25, -0.2) is 0 Å². The number of hydrogen-bond acceptors (Lipinski definition) is 0. The van der Waals surface area contributed by atoms with E-state index in [0.29, 0.717) is 0 Å². The minimum Gasteiger partial charge on any atom is 0 e. The van der Waals surface area contributed by atoms with Crippen LogP contribution in [0, 0.1) is 0 Å². The molecule has 0 aromatic heterocycles. The van der Waals surface area contributed by atoms with Crippen LogP contribution in [0.2, 0.25) is 0 Å². The van der Waals surface area contributed by atoms with Crippen molar-refractivity contribution >= 4 is 145 Å². The van der Waals surface area contributed by atoms with Gasteiger partial charge >= 0.3 is 162 Å². The molecule has 1 radical (unpaired) electrons. The van der Waals surface area contributed by atoms with Crippen molar-refractivity contribution in [2.75, 3.05) is 0 Å². The number of hydrogen-bond donors (Lipinski definition) is 0. The molecule has 0 bridgehead atoms. The molecule has 0 aliphatic carbocycles. The first-order valence-electron chi connectivity index (χ1n) is 0.174. The smallest absolute Gasteiger partial charge is 0 e. The zero-order valence-corrected chi connectivity index (χ0v) is 17.5. The third kappa shape index (κ3) is 36.6. The van der Waals surface area contributed by atoms with Gasteiger partial charge in [0.05, 0.1) is 0 Å². The number of rotatable bonds is 0. The van der Waals surface area contributed by atoms with Crippen molar-refractivity contribution in [3.05, 3.63) is 0 Å². The SMILES string of the molecule is [BaH2].[Cd].[LiH].[RbH].[SbH2][Au].[Y].[Zr]. The summed E-state index contributed by atoms with van der Waals surface area (Å²) in [7, 11) is 0. The van der Waals surface area contributed by atoms with Gasteiger partial charge in [0.2, 0.25) is 0 Å². The molecule has 0 nitrogen and oxygen atoms in total. The van der Waals surface area contributed by atoms with Crippen molar-refractivity contribution in [1.29, 1.82) is 0 Å². The Morgan fingerprint density at radius 2 is 1.12 bits per heavy atom. The molecule has 0 fully saturated rings. The van der Waals surface area contributed by atoms with Crippen molar-refractivity contribution in [2.24, 2.45) is 0 Å². The van der Waals surface area contributed by atoms with Crippen molar-refractivity contribution in [3.63, 3.8) is 0 Å². The second-order valence-corrected chi connectivity index (χ2v) is 0. The van der Waals surface area contributed by atoms with Crippen LogP contribution in [-0.2, 0) is 103 Å². The van der Waals surface area contributed by atoms with E-state index >= 15 is 0 Å².